The Kier molecular flexibility index (Phi) is 5.87. The standard InChI is InChI=1S/C25H18BrN3O/c26-19-12-10-17(11-13-19)16-28-29-25(30)24(15-27)23-14-22(18-6-2-1-3-7-18)20-8-4-5-9-21(20)23/h1-13,16,22H,14H2,(H,29,30). The van der Waals surface area contributed by atoms with Crippen molar-refractivity contribution in [2.75, 3.05) is 0 Å². The number of hydrogen-bond donors (Lipinski definition) is 1. The number of carbonyl (C=O) groups excluding carboxylic acids is 1. The van der Waals surface area contributed by atoms with Gasteiger partial charge in [-0.05, 0) is 46.4 Å². The van der Waals surface area contributed by atoms with E-state index in [1.807, 2.05) is 60.7 Å². The molecule has 1 aliphatic rings. The summed E-state index contributed by atoms with van der Waals surface area (Å²) in [5.74, 6) is -0.371. The number of amides is 1. The fraction of sp³-hybridized carbons (Fsp3) is 0.0800. The summed E-state index contributed by atoms with van der Waals surface area (Å²) in [6, 6.07) is 27.8. The van der Waals surface area contributed by atoms with Gasteiger partial charge >= 0.3 is 0 Å². The molecule has 30 heavy (non-hydrogen) atoms. The first-order valence-corrected chi connectivity index (χ1v) is 10.3. The average molecular weight is 456 g/mol. The molecule has 0 fully saturated rings. The van der Waals surface area contributed by atoms with E-state index in [-0.39, 0.29) is 11.5 Å². The minimum Gasteiger partial charge on any atom is -0.267 e. The normalized spacial score (nSPS) is 16.7. The maximum absolute atomic E-state index is 12.7. The SMILES string of the molecule is N#CC(C(=O)NN=Cc1ccc(Br)cc1)=C1CC(c2ccccc2)c2ccccc21. The van der Waals surface area contributed by atoms with Crippen LogP contribution in [0.15, 0.2) is 94.0 Å². The Balaban J connectivity index is 1.62. The van der Waals surface area contributed by atoms with E-state index in [0.717, 1.165) is 26.7 Å². The van der Waals surface area contributed by atoms with E-state index in [1.54, 1.807) is 6.21 Å². The lowest BCUT2D eigenvalue weighted by molar-refractivity contribution is -0.117. The van der Waals surface area contributed by atoms with Crippen molar-refractivity contribution in [3.05, 3.63) is 111 Å². The number of fused-ring (bicyclic) bond motifs is 1. The predicted molar refractivity (Wildman–Crippen MR) is 122 cm³/mol. The Labute approximate surface area is 183 Å². The molecule has 0 spiro atoms. The van der Waals surface area contributed by atoms with Crippen LogP contribution in [-0.4, -0.2) is 12.1 Å². The maximum Gasteiger partial charge on any atom is 0.282 e. The van der Waals surface area contributed by atoms with Crippen LogP contribution in [0.3, 0.4) is 0 Å². The van der Waals surface area contributed by atoms with Gasteiger partial charge < -0.3 is 0 Å². The monoisotopic (exact) mass is 455 g/mol. The minimum absolute atomic E-state index is 0.105. The molecule has 4 rings (SSSR count). The highest BCUT2D eigenvalue weighted by molar-refractivity contribution is 9.10. The van der Waals surface area contributed by atoms with Crippen molar-refractivity contribution in [1.82, 2.24) is 5.43 Å². The van der Waals surface area contributed by atoms with Crippen LogP contribution in [0, 0.1) is 11.3 Å². The number of rotatable bonds is 4. The second-order valence-electron chi connectivity index (χ2n) is 6.97. The van der Waals surface area contributed by atoms with E-state index in [0.29, 0.717) is 6.42 Å². The van der Waals surface area contributed by atoms with E-state index >= 15 is 0 Å². The van der Waals surface area contributed by atoms with Crippen molar-refractivity contribution < 1.29 is 4.79 Å². The number of hydrazone groups is 1. The van der Waals surface area contributed by atoms with Crippen molar-refractivity contribution in [3.63, 3.8) is 0 Å². The highest BCUT2D eigenvalue weighted by atomic mass is 79.9. The quantitative estimate of drug-likeness (QED) is 0.247. The van der Waals surface area contributed by atoms with Crippen LogP contribution >= 0.6 is 15.9 Å². The Morgan fingerprint density at radius 2 is 1.73 bits per heavy atom. The summed E-state index contributed by atoms with van der Waals surface area (Å²) in [5, 5.41) is 13.8. The third-order valence-electron chi connectivity index (χ3n) is 5.16. The first-order valence-electron chi connectivity index (χ1n) is 9.54. The summed E-state index contributed by atoms with van der Waals surface area (Å²) >= 11 is 3.38. The van der Waals surface area contributed by atoms with Gasteiger partial charge in [-0.15, -0.1) is 0 Å². The Morgan fingerprint density at radius 1 is 1.03 bits per heavy atom. The maximum atomic E-state index is 12.7. The predicted octanol–water partition coefficient (Wildman–Crippen LogP) is 5.41. The Morgan fingerprint density at radius 3 is 2.47 bits per heavy atom. The molecule has 4 nitrogen and oxygen atoms in total. The van der Waals surface area contributed by atoms with Crippen molar-refractivity contribution in [3.8, 4) is 6.07 Å². The molecule has 146 valence electrons. The molecular formula is C25H18BrN3O. The number of nitrogens with one attached hydrogen (secondary N) is 1. The Hall–Kier alpha value is -3.49. The van der Waals surface area contributed by atoms with Gasteiger partial charge in [-0.1, -0.05) is 82.7 Å². The van der Waals surface area contributed by atoms with Gasteiger partial charge in [0.1, 0.15) is 11.6 Å². The molecule has 0 saturated heterocycles. The third kappa shape index (κ3) is 4.10. The number of nitrogens with zero attached hydrogens (tertiary/aromatic N) is 2. The van der Waals surface area contributed by atoms with Gasteiger partial charge in [-0.25, -0.2) is 5.43 Å². The second-order valence-corrected chi connectivity index (χ2v) is 7.89. The van der Waals surface area contributed by atoms with Crippen molar-refractivity contribution in [2.45, 2.75) is 12.3 Å². The van der Waals surface area contributed by atoms with E-state index in [4.69, 9.17) is 0 Å². The third-order valence-corrected chi connectivity index (χ3v) is 5.69. The van der Waals surface area contributed by atoms with Crippen LogP contribution in [0.4, 0.5) is 0 Å². The first-order chi connectivity index (χ1) is 14.7. The zero-order valence-corrected chi connectivity index (χ0v) is 17.6. The van der Waals surface area contributed by atoms with Crippen LogP contribution < -0.4 is 5.43 Å². The topological polar surface area (TPSA) is 65.2 Å². The largest absolute Gasteiger partial charge is 0.282 e. The first kappa shape index (κ1) is 19.8. The molecule has 0 bridgehead atoms. The van der Waals surface area contributed by atoms with E-state index < -0.39 is 5.91 Å². The molecule has 0 aliphatic heterocycles. The molecule has 0 saturated carbocycles. The highest BCUT2D eigenvalue weighted by Gasteiger charge is 2.31. The van der Waals surface area contributed by atoms with Gasteiger partial charge in [0.25, 0.3) is 5.91 Å². The summed E-state index contributed by atoms with van der Waals surface area (Å²) in [4.78, 5) is 12.7. The molecule has 1 atom stereocenters. The molecular weight excluding hydrogens is 438 g/mol. The second kappa shape index (κ2) is 8.89. The van der Waals surface area contributed by atoms with Crippen LogP contribution in [0.25, 0.3) is 5.57 Å². The number of hydrogen-bond acceptors (Lipinski definition) is 3. The summed E-state index contributed by atoms with van der Waals surface area (Å²) < 4.78 is 0.966. The highest BCUT2D eigenvalue weighted by Crippen LogP contribution is 2.45. The van der Waals surface area contributed by atoms with Crippen LogP contribution in [0.5, 0.6) is 0 Å². The smallest absolute Gasteiger partial charge is 0.267 e. The van der Waals surface area contributed by atoms with Gasteiger partial charge in [0.15, 0.2) is 0 Å². The number of halogens is 1. The van der Waals surface area contributed by atoms with Crippen molar-refractivity contribution >= 4 is 33.6 Å². The lowest BCUT2D eigenvalue weighted by Gasteiger charge is -2.11. The van der Waals surface area contributed by atoms with Crippen LogP contribution in [0.2, 0.25) is 0 Å². The van der Waals surface area contributed by atoms with E-state index in [2.05, 4.69) is 50.7 Å². The fourth-order valence-electron chi connectivity index (χ4n) is 3.74. The molecule has 5 heteroatoms. The summed E-state index contributed by atoms with van der Waals surface area (Å²) in [5.41, 5.74) is 7.47. The number of allylic oxidation sites excluding steroid dienone is 1. The molecule has 1 aliphatic carbocycles. The lowest BCUT2D eigenvalue weighted by Crippen LogP contribution is -2.20. The molecule has 3 aromatic rings. The molecule has 0 radical (unpaired) electrons. The molecule has 1 N–H and O–H groups in total. The van der Waals surface area contributed by atoms with Crippen LogP contribution in [-0.2, 0) is 4.79 Å². The zero-order chi connectivity index (χ0) is 20.9. The van der Waals surface area contributed by atoms with Gasteiger partial charge in [-0.2, -0.15) is 10.4 Å². The molecule has 1 amide bonds. The van der Waals surface area contributed by atoms with Crippen molar-refractivity contribution in [1.29, 1.82) is 5.26 Å². The number of carbonyl (C=O) groups is 1. The lowest BCUT2D eigenvalue weighted by atomic mass is 9.93. The van der Waals surface area contributed by atoms with Gasteiger partial charge in [0, 0.05) is 10.4 Å². The summed E-state index contributed by atoms with van der Waals surface area (Å²) in [6.07, 6.45) is 2.16. The van der Waals surface area contributed by atoms with E-state index in [9.17, 15) is 10.1 Å². The molecule has 3 aromatic carbocycles. The van der Waals surface area contributed by atoms with Crippen molar-refractivity contribution in [2.24, 2.45) is 5.10 Å². The van der Waals surface area contributed by atoms with E-state index in [1.165, 1.54) is 5.56 Å². The summed E-state index contributed by atoms with van der Waals surface area (Å²) in [7, 11) is 0. The minimum atomic E-state index is -0.496. The van der Waals surface area contributed by atoms with Crippen LogP contribution in [0.1, 0.15) is 34.6 Å². The fourth-order valence-corrected chi connectivity index (χ4v) is 4.01. The Bertz CT molecular complexity index is 1180. The zero-order valence-electron chi connectivity index (χ0n) is 16.0. The summed E-state index contributed by atoms with van der Waals surface area (Å²) in [6.45, 7) is 0. The molecule has 0 heterocycles. The number of benzene rings is 3. The van der Waals surface area contributed by atoms with Gasteiger partial charge in [0.2, 0.25) is 0 Å². The molecule has 0 aromatic heterocycles. The van der Waals surface area contributed by atoms with Gasteiger partial charge in [-0.3, -0.25) is 4.79 Å². The van der Waals surface area contributed by atoms with Gasteiger partial charge in [0.05, 0.1) is 6.21 Å². The number of nitriles is 1. The molecule has 1 unspecified atom stereocenters. The average Bonchev–Trinajstić information content (AvgIpc) is 3.16.